The minimum Gasteiger partial charge on any atom is -1.00 e. The maximum Gasteiger partial charge on any atom is 0.159 e. The van der Waals surface area contributed by atoms with Crippen molar-refractivity contribution in [2.45, 2.75) is 20.4 Å². The molecule has 23 heavy (non-hydrogen) atoms. The molecular formula is C18H30I2N2O. The summed E-state index contributed by atoms with van der Waals surface area (Å²) >= 11 is 0. The Labute approximate surface area is 175 Å². The molecule has 1 heterocycles. The molecule has 132 valence electrons. The van der Waals surface area contributed by atoms with Crippen molar-refractivity contribution in [2.75, 3.05) is 47.3 Å². The fraction of sp³-hybridized carbons (Fsp3) is 0.556. The Kier molecular flexibility index (Phi) is 9.64. The summed E-state index contributed by atoms with van der Waals surface area (Å²) in [6.45, 7) is 10.2. The van der Waals surface area contributed by atoms with E-state index in [1.54, 1.807) is 0 Å². The average Bonchev–Trinajstić information content (AvgIpc) is 2.87. The molecule has 2 aromatic rings. The first-order chi connectivity index (χ1) is 9.87. The first kappa shape index (κ1) is 23.1. The number of fused-ring (bicyclic) bond motifs is 1. The molecule has 0 aliphatic heterocycles. The molecule has 0 saturated heterocycles. The summed E-state index contributed by atoms with van der Waals surface area (Å²) in [5.41, 5.74) is 1.000. The summed E-state index contributed by atoms with van der Waals surface area (Å²) in [4.78, 5) is 0. The van der Waals surface area contributed by atoms with Crippen LogP contribution in [0.4, 0.5) is 0 Å². The van der Waals surface area contributed by atoms with Gasteiger partial charge in [0.2, 0.25) is 0 Å². The fourth-order valence-corrected chi connectivity index (χ4v) is 2.51. The molecule has 1 aromatic heterocycles. The van der Waals surface area contributed by atoms with Gasteiger partial charge in [0.05, 0.1) is 34.2 Å². The fourth-order valence-electron chi connectivity index (χ4n) is 2.51. The Hall–Kier alpha value is 0.140. The number of quaternary nitrogens is 2. The second-order valence-electron chi connectivity index (χ2n) is 7.04. The molecule has 1 unspecified atom stereocenters. The first-order valence-corrected chi connectivity index (χ1v) is 8.00. The van der Waals surface area contributed by atoms with Crippen molar-refractivity contribution in [3.05, 3.63) is 36.1 Å². The van der Waals surface area contributed by atoms with Crippen molar-refractivity contribution in [3.8, 4) is 0 Å². The van der Waals surface area contributed by atoms with E-state index in [2.05, 4.69) is 53.2 Å². The van der Waals surface area contributed by atoms with Crippen molar-refractivity contribution < 1.29 is 61.3 Å². The summed E-state index contributed by atoms with van der Waals surface area (Å²) in [6.07, 6.45) is 0. The van der Waals surface area contributed by atoms with E-state index in [0.29, 0.717) is 0 Å². The minimum absolute atomic E-state index is 0. The predicted molar refractivity (Wildman–Crippen MR) is 89.0 cm³/mol. The van der Waals surface area contributed by atoms with Gasteiger partial charge in [0.15, 0.2) is 5.76 Å². The van der Waals surface area contributed by atoms with Crippen LogP contribution in [0.3, 0.4) is 0 Å². The molecule has 3 nitrogen and oxygen atoms in total. The quantitative estimate of drug-likeness (QED) is 0.278. The standard InChI is InChI=1S/C18H30N2O.2HI/c1-6-19(3,4)12-13-20(5,7-2)15-17-14-16-10-8-9-11-18(16)21-17;;/h8-11,14H,6-7,12-13,15H2,1-5H3;2*1H/q+2;;/p-2. The topological polar surface area (TPSA) is 13.1 Å². The summed E-state index contributed by atoms with van der Waals surface area (Å²) < 4.78 is 8.11. The molecule has 0 N–H and O–H groups in total. The number of furan rings is 1. The van der Waals surface area contributed by atoms with Crippen LogP contribution in [-0.4, -0.2) is 56.3 Å². The van der Waals surface area contributed by atoms with Gasteiger partial charge >= 0.3 is 0 Å². The van der Waals surface area contributed by atoms with E-state index in [9.17, 15) is 0 Å². The van der Waals surface area contributed by atoms with Crippen LogP contribution in [-0.2, 0) is 6.54 Å². The van der Waals surface area contributed by atoms with Crippen molar-refractivity contribution in [1.82, 2.24) is 0 Å². The molecule has 0 aliphatic rings. The molecule has 0 saturated carbocycles. The highest BCUT2D eigenvalue weighted by Crippen LogP contribution is 2.22. The third kappa shape index (κ3) is 6.51. The zero-order valence-corrected chi connectivity index (χ0v) is 19.3. The molecule has 0 radical (unpaired) electrons. The number of benzene rings is 1. The van der Waals surface area contributed by atoms with Crippen molar-refractivity contribution in [3.63, 3.8) is 0 Å². The van der Waals surface area contributed by atoms with Crippen molar-refractivity contribution >= 4 is 11.0 Å². The van der Waals surface area contributed by atoms with Crippen LogP contribution in [0.15, 0.2) is 34.7 Å². The third-order valence-electron chi connectivity index (χ3n) is 4.88. The molecule has 2 rings (SSSR count). The molecule has 0 bridgehead atoms. The number of para-hydroxylation sites is 1. The summed E-state index contributed by atoms with van der Waals surface area (Å²) in [7, 11) is 6.95. The van der Waals surface area contributed by atoms with Crippen LogP contribution in [0.1, 0.15) is 19.6 Å². The number of nitrogens with zero attached hydrogens (tertiary/aromatic N) is 2. The van der Waals surface area contributed by atoms with E-state index >= 15 is 0 Å². The maximum absolute atomic E-state index is 6.00. The maximum atomic E-state index is 6.00. The summed E-state index contributed by atoms with van der Waals surface area (Å²) in [6, 6.07) is 10.5. The van der Waals surface area contributed by atoms with Gasteiger partial charge in [-0.1, -0.05) is 18.2 Å². The molecule has 5 heteroatoms. The van der Waals surface area contributed by atoms with Crippen LogP contribution in [0, 0.1) is 0 Å². The van der Waals surface area contributed by atoms with Gasteiger partial charge in [-0.25, -0.2) is 0 Å². The van der Waals surface area contributed by atoms with Crippen LogP contribution in [0.5, 0.6) is 0 Å². The van der Waals surface area contributed by atoms with Gasteiger partial charge in [-0.2, -0.15) is 0 Å². The van der Waals surface area contributed by atoms with Gasteiger partial charge < -0.3 is 61.3 Å². The lowest BCUT2D eigenvalue weighted by Gasteiger charge is -2.36. The molecule has 0 amide bonds. The second-order valence-corrected chi connectivity index (χ2v) is 7.04. The van der Waals surface area contributed by atoms with Crippen LogP contribution in [0.2, 0.25) is 0 Å². The normalized spacial score (nSPS) is 14.0. The monoisotopic (exact) mass is 544 g/mol. The highest BCUT2D eigenvalue weighted by atomic mass is 127. The highest BCUT2D eigenvalue weighted by molar-refractivity contribution is 5.77. The lowest BCUT2D eigenvalue weighted by atomic mass is 10.2. The number of halogens is 2. The van der Waals surface area contributed by atoms with Crippen LogP contribution < -0.4 is 48.0 Å². The van der Waals surface area contributed by atoms with Gasteiger partial charge in [-0.15, -0.1) is 0 Å². The number of hydrogen-bond donors (Lipinski definition) is 0. The zero-order chi connectivity index (χ0) is 15.5. The van der Waals surface area contributed by atoms with E-state index in [1.807, 2.05) is 12.1 Å². The van der Waals surface area contributed by atoms with E-state index < -0.39 is 0 Å². The summed E-state index contributed by atoms with van der Waals surface area (Å²) in [5.74, 6) is 1.10. The Morgan fingerprint density at radius 3 is 2.13 bits per heavy atom. The van der Waals surface area contributed by atoms with E-state index in [4.69, 9.17) is 4.42 Å². The first-order valence-electron chi connectivity index (χ1n) is 8.00. The lowest BCUT2D eigenvalue weighted by Crippen LogP contribution is -3.00. The van der Waals surface area contributed by atoms with Gasteiger partial charge in [0.25, 0.3) is 0 Å². The molecular weight excluding hydrogens is 514 g/mol. The second kappa shape index (κ2) is 9.58. The third-order valence-corrected chi connectivity index (χ3v) is 4.88. The highest BCUT2D eigenvalue weighted by Gasteiger charge is 2.26. The van der Waals surface area contributed by atoms with E-state index in [1.165, 1.54) is 25.0 Å². The predicted octanol–water partition coefficient (Wildman–Crippen LogP) is -2.50. The van der Waals surface area contributed by atoms with Gasteiger partial charge in [-0.05, 0) is 26.0 Å². The molecule has 0 spiro atoms. The van der Waals surface area contributed by atoms with Crippen LogP contribution in [0.25, 0.3) is 11.0 Å². The van der Waals surface area contributed by atoms with Crippen LogP contribution >= 0.6 is 0 Å². The Morgan fingerprint density at radius 1 is 0.913 bits per heavy atom. The van der Waals surface area contributed by atoms with E-state index in [0.717, 1.165) is 33.4 Å². The number of rotatable bonds is 7. The molecule has 0 fully saturated rings. The van der Waals surface area contributed by atoms with Crippen molar-refractivity contribution in [1.29, 1.82) is 0 Å². The van der Waals surface area contributed by atoms with E-state index in [-0.39, 0.29) is 48.0 Å². The smallest absolute Gasteiger partial charge is 0.159 e. The number of likely N-dealkylation sites (N-methyl/N-ethyl adjacent to an activating group) is 2. The Balaban J connectivity index is 0.00000242. The zero-order valence-electron chi connectivity index (χ0n) is 15.0. The molecule has 1 aromatic carbocycles. The lowest BCUT2D eigenvalue weighted by molar-refractivity contribution is -0.962. The Bertz CT molecular complexity index is 564. The Morgan fingerprint density at radius 2 is 1.57 bits per heavy atom. The minimum atomic E-state index is 0. The van der Waals surface area contributed by atoms with Crippen molar-refractivity contribution in [2.24, 2.45) is 0 Å². The number of hydrogen-bond acceptors (Lipinski definition) is 1. The van der Waals surface area contributed by atoms with Gasteiger partial charge in [-0.3, -0.25) is 0 Å². The summed E-state index contributed by atoms with van der Waals surface area (Å²) in [5, 5.41) is 1.21. The largest absolute Gasteiger partial charge is 1.00 e. The SMILES string of the molecule is CC[N+](C)(C)CC[N+](C)(CC)Cc1cc2ccccc2o1.[I-].[I-]. The van der Waals surface area contributed by atoms with Gasteiger partial charge in [0.1, 0.15) is 25.2 Å². The average molecular weight is 544 g/mol. The van der Waals surface area contributed by atoms with Gasteiger partial charge in [0, 0.05) is 5.39 Å². The molecule has 0 aliphatic carbocycles. The molecule has 1 atom stereocenters.